The fourth-order valence-electron chi connectivity index (χ4n) is 4.52. The molecule has 1 atom stereocenters. The maximum atomic E-state index is 13.7. The highest BCUT2D eigenvalue weighted by molar-refractivity contribution is 5.96. The number of fused-ring (bicyclic) bond motifs is 1. The summed E-state index contributed by atoms with van der Waals surface area (Å²) < 4.78 is 58.0. The third kappa shape index (κ3) is 5.12. The van der Waals surface area contributed by atoms with Crippen LogP contribution in [-0.4, -0.2) is 38.2 Å². The second-order valence-corrected chi connectivity index (χ2v) is 8.52. The second-order valence-electron chi connectivity index (χ2n) is 8.52. The van der Waals surface area contributed by atoms with Crippen molar-refractivity contribution in [2.24, 2.45) is 0 Å². The number of carbonyl (C=O) groups is 1. The smallest absolute Gasteiger partial charge is 0.417 e. The molecule has 4 rings (SSSR count). The molecule has 0 aliphatic carbocycles. The fourth-order valence-corrected chi connectivity index (χ4v) is 4.52. The number of aryl methyl sites for hydroxylation is 1. The summed E-state index contributed by atoms with van der Waals surface area (Å²) in [5.74, 6) is 0.938. The first-order valence-corrected chi connectivity index (χ1v) is 11.7. The van der Waals surface area contributed by atoms with Crippen molar-refractivity contribution in [3.8, 4) is 17.2 Å². The summed E-state index contributed by atoms with van der Waals surface area (Å²) in [4.78, 5) is 15.0. The third-order valence-corrected chi connectivity index (χ3v) is 6.47. The summed E-state index contributed by atoms with van der Waals surface area (Å²) in [6.07, 6.45) is -3.31. The van der Waals surface area contributed by atoms with Gasteiger partial charge in [0.15, 0.2) is 11.5 Å². The average molecular weight is 500 g/mol. The van der Waals surface area contributed by atoms with Crippen LogP contribution < -0.4 is 14.2 Å². The Bertz CT molecular complexity index is 1220. The van der Waals surface area contributed by atoms with E-state index < -0.39 is 23.7 Å². The van der Waals surface area contributed by atoms with Crippen LogP contribution in [-0.2, 0) is 19.0 Å². The Morgan fingerprint density at radius 1 is 1.00 bits per heavy atom. The van der Waals surface area contributed by atoms with Crippen LogP contribution in [0.25, 0.3) is 0 Å². The molecule has 0 spiro atoms. The zero-order chi connectivity index (χ0) is 25.9. The van der Waals surface area contributed by atoms with Crippen molar-refractivity contribution in [3.63, 3.8) is 0 Å². The summed E-state index contributed by atoms with van der Waals surface area (Å²) in [7, 11) is 3.05. The Labute approximate surface area is 208 Å². The van der Waals surface area contributed by atoms with Gasteiger partial charge in [-0.05, 0) is 65.9 Å². The van der Waals surface area contributed by atoms with E-state index in [1.807, 2.05) is 30.3 Å². The highest BCUT2D eigenvalue weighted by Gasteiger charge is 2.39. The summed E-state index contributed by atoms with van der Waals surface area (Å²) in [5.41, 5.74) is 1.49. The number of methoxy groups -OCH3 is 2. The average Bonchev–Trinajstić information content (AvgIpc) is 2.90. The van der Waals surface area contributed by atoms with E-state index in [0.29, 0.717) is 23.7 Å². The number of nitrogens with zero attached hydrogens (tertiary/aromatic N) is 1. The van der Waals surface area contributed by atoms with E-state index in [0.717, 1.165) is 29.2 Å². The van der Waals surface area contributed by atoms with Gasteiger partial charge in [0.2, 0.25) is 0 Å². The molecule has 190 valence electrons. The lowest BCUT2D eigenvalue weighted by Gasteiger charge is -2.38. The van der Waals surface area contributed by atoms with E-state index in [1.54, 1.807) is 6.07 Å². The number of hydrogen-bond donors (Lipinski definition) is 0. The standard InChI is InChI=1S/C28H28F3NO4/c1-4-18-9-11-20(12-10-18)36-17-24-22-16-26(35-3)25(34-2)15-19(22)13-14-32(24)27(33)21-7-5-6-8-23(21)28(29,30)31/h5-12,15-16,24H,4,13-14,17H2,1-3H3. The number of alkyl halides is 3. The van der Waals surface area contributed by atoms with Crippen LogP contribution in [0.5, 0.6) is 17.2 Å². The summed E-state index contributed by atoms with van der Waals surface area (Å²) >= 11 is 0. The number of benzene rings is 3. The number of ether oxygens (including phenoxy) is 3. The predicted octanol–water partition coefficient (Wildman–Crippen LogP) is 6.10. The molecule has 0 aromatic heterocycles. The van der Waals surface area contributed by atoms with E-state index in [1.165, 1.54) is 37.3 Å². The maximum absolute atomic E-state index is 13.7. The van der Waals surface area contributed by atoms with Crippen LogP contribution >= 0.6 is 0 Å². The second kappa shape index (κ2) is 10.5. The predicted molar refractivity (Wildman–Crippen MR) is 130 cm³/mol. The van der Waals surface area contributed by atoms with Crippen molar-refractivity contribution in [2.45, 2.75) is 32.0 Å². The zero-order valence-electron chi connectivity index (χ0n) is 20.4. The summed E-state index contributed by atoms with van der Waals surface area (Å²) in [6.45, 7) is 2.35. The molecule has 0 N–H and O–H groups in total. The number of halogens is 3. The lowest BCUT2D eigenvalue weighted by atomic mass is 9.91. The molecule has 0 bridgehead atoms. The number of carbonyl (C=O) groups excluding carboxylic acids is 1. The minimum absolute atomic E-state index is 0.0634. The van der Waals surface area contributed by atoms with E-state index >= 15 is 0 Å². The minimum Gasteiger partial charge on any atom is -0.493 e. The van der Waals surface area contributed by atoms with E-state index in [-0.39, 0.29) is 18.7 Å². The van der Waals surface area contributed by atoms with E-state index in [4.69, 9.17) is 14.2 Å². The molecule has 0 saturated carbocycles. The molecule has 1 unspecified atom stereocenters. The molecule has 3 aromatic carbocycles. The maximum Gasteiger partial charge on any atom is 0.417 e. The van der Waals surface area contributed by atoms with Crippen LogP contribution in [0, 0.1) is 0 Å². The molecule has 0 radical (unpaired) electrons. The van der Waals surface area contributed by atoms with Crippen molar-refractivity contribution in [2.75, 3.05) is 27.4 Å². The lowest BCUT2D eigenvalue weighted by molar-refractivity contribution is -0.138. The monoisotopic (exact) mass is 499 g/mol. The minimum atomic E-state index is -4.65. The highest BCUT2D eigenvalue weighted by Crippen LogP contribution is 2.40. The van der Waals surface area contributed by atoms with Gasteiger partial charge in [0.1, 0.15) is 12.4 Å². The molecule has 0 fully saturated rings. The molecule has 1 aliphatic heterocycles. The molecular weight excluding hydrogens is 471 g/mol. The SMILES string of the molecule is CCc1ccc(OCC2c3cc(OC)c(OC)cc3CCN2C(=O)c2ccccc2C(F)(F)F)cc1. The van der Waals surface area contributed by atoms with Gasteiger partial charge in [-0.2, -0.15) is 13.2 Å². The largest absolute Gasteiger partial charge is 0.493 e. The van der Waals surface area contributed by atoms with E-state index in [9.17, 15) is 18.0 Å². The molecule has 8 heteroatoms. The molecule has 1 amide bonds. The molecule has 36 heavy (non-hydrogen) atoms. The molecule has 1 heterocycles. The van der Waals surface area contributed by atoms with Crippen LogP contribution in [0.3, 0.4) is 0 Å². The topological polar surface area (TPSA) is 48.0 Å². The van der Waals surface area contributed by atoms with Crippen molar-refractivity contribution in [1.82, 2.24) is 4.90 Å². The van der Waals surface area contributed by atoms with Crippen LogP contribution in [0.2, 0.25) is 0 Å². The van der Waals surface area contributed by atoms with Crippen molar-refractivity contribution in [3.05, 3.63) is 88.5 Å². The third-order valence-electron chi connectivity index (χ3n) is 6.47. The van der Waals surface area contributed by atoms with Crippen LogP contribution in [0.15, 0.2) is 60.7 Å². The Balaban J connectivity index is 1.73. The number of rotatable bonds is 7. The van der Waals surface area contributed by atoms with Gasteiger partial charge in [-0.25, -0.2) is 0 Å². The molecule has 3 aromatic rings. The molecule has 0 saturated heterocycles. The number of hydrogen-bond acceptors (Lipinski definition) is 4. The molecule has 1 aliphatic rings. The Morgan fingerprint density at radius 3 is 2.31 bits per heavy atom. The van der Waals surface area contributed by atoms with E-state index in [2.05, 4.69) is 6.92 Å². The lowest BCUT2D eigenvalue weighted by Crippen LogP contribution is -2.43. The number of amides is 1. The summed E-state index contributed by atoms with van der Waals surface area (Å²) in [6, 6.07) is 15.5. The Morgan fingerprint density at radius 2 is 1.67 bits per heavy atom. The quantitative estimate of drug-likeness (QED) is 0.394. The van der Waals surface area contributed by atoms with Gasteiger partial charge in [-0.15, -0.1) is 0 Å². The Kier molecular flexibility index (Phi) is 7.43. The zero-order valence-corrected chi connectivity index (χ0v) is 20.4. The van der Waals surface area contributed by atoms with Gasteiger partial charge in [-0.3, -0.25) is 4.79 Å². The van der Waals surface area contributed by atoms with Crippen molar-refractivity contribution >= 4 is 5.91 Å². The first-order chi connectivity index (χ1) is 17.3. The van der Waals surface area contributed by atoms with Gasteiger partial charge in [-0.1, -0.05) is 31.2 Å². The Hall–Kier alpha value is -3.68. The molecular formula is C28H28F3NO4. The first kappa shape index (κ1) is 25.4. The fraction of sp³-hybridized carbons (Fsp3) is 0.321. The van der Waals surface area contributed by atoms with Gasteiger partial charge < -0.3 is 19.1 Å². The van der Waals surface area contributed by atoms with Crippen LogP contribution in [0.4, 0.5) is 13.2 Å². The van der Waals surface area contributed by atoms with Gasteiger partial charge in [0.25, 0.3) is 5.91 Å². The normalized spacial score (nSPS) is 15.3. The first-order valence-electron chi connectivity index (χ1n) is 11.7. The van der Waals surface area contributed by atoms with Crippen molar-refractivity contribution < 1.29 is 32.2 Å². The van der Waals surface area contributed by atoms with Gasteiger partial charge >= 0.3 is 6.18 Å². The molecule has 5 nitrogen and oxygen atoms in total. The summed E-state index contributed by atoms with van der Waals surface area (Å²) in [5, 5.41) is 0. The highest BCUT2D eigenvalue weighted by atomic mass is 19.4. The van der Waals surface area contributed by atoms with Crippen molar-refractivity contribution in [1.29, 1.82) is 0 Å². The van der Waals surface area contributed by atoms with Gasteiger partial charge in [0, 0.05) is 6.54 Å². The van der Waals surface area contributed by atoms with Crippen LogP contribution in [0.1, 0.15) is 45.6 Å². The van der Waals surface area contributed by atoms with Gasteiger partial charge in [0.05, 0.1) is 31.4 Å².